The number of nitrogens with two attached hydrogens (primary N) is 1. The Labute approximate surface area is 112 Å². The lowest BCUT2D eigenvalue weighted by Gasteiger charge is -2.11. The molecule has 3 heteroatoms. The first kappa shape index (κ1) is 12.8. The molecule has 0 radical (unpaired) electrons. The van der Waals surface area contributed by atoms with Crippen LogP contribution in [0.15, 0.2) is 36.4 Å². The topological polar surface area (TPSA) is 35.2 Å². The zero-order chi connectivity index (χ0) is 13.1. The Morgan fingerprint density at radius 1 is 1.06 bits per heavy atom. The van der Waals surface area contributed by atoms with Crippen molar-refractivity contribution in [3.05, 3.63) is 58.1 Å². The third kappa shape index (κ3) is 2.96. The van der Waals surface area contributed by atoms with Crippen LogP contribution >= 0.6 is 11.6 Å². The van der Waals surface area contributed by atoms with E-state index in [-0.39, 0.29) is 0 Å². The molecule has 2 nitrogen and oxygen atoms in total. The van der Waals surface area contributed by atoms with Crippen LogP contribution < -0.4 is 10.5 Å². The maximum atomic E-state index is 6.16. The Balaban J connectivity index is 2.13. The van der Waals surface area contributed by atoms with Crippen LogP contribution in [0.4, 0.5) is 5.69 Å². The number of nitrogen functional groups attached to an aromatic ring is 1. The van der Waals surface area contributed by atoms with Gasteiger partial charge in [0.25, 0.3) is 0 Å². The number of halogens is 1. The van der Waals surface area contributed by atoms with Crippen LogP contribution in [0.25, 0.3) is 0 Å². The van der Waals surface area contributed by atoms with Gasteiger partial charge in [0.1, 0.15) is 12.4 Å². The molecule has 0 saturated heterocycles. The molecule has 94 valence electrons. The van der Waals surface area contributed by atoms with E-state index >= 15 is 0 Å². The summed E-state index contributed by atoms with van der Waals surface area (Å²) in [5.74, 6) is 0.701. The largest absolute Gasteiger partial charge is 0.487 e. The molecule has 2 aromatic rings. The van der Waals surface area contributed by atoms with E-state index in [0.717, 1.165) is 21.7 Å². The van der Waals surface area contributed by atoms with Crippen molar-refractivity contribution in [3.8, 4) is 5.75 Å². The molecule has 0 aromatic heterocycles. The molecular formula is C15H16ClNO. The third-order valence-corrected chi connectivity index (χ3v) is 3.11. The number of rotatable bonds is 3. The van der Waals surface area contributed by atoms with Gasteiger partial charge in [0.2, 0.25) is 0 Å². The lowest BCUT2D eigenvalue weighted by molar-refractivity contribution is 0.308. The highest BCUT2D eigenvalue weighted by Crippen LogP contribution is 2.25. The van der Waals surface area contributed by atoms with Crippen LogP contribution in [0, 0.1) is 13.8 Å². The smallest absolute Gasteiger partial charge is 0.142 e. The average molecular weight is 262 g/mol. The normalized spacial score (nSPS) is 10.4. The van der Waals surface area contributed by atoms with Gasteiger partial charge < -0.3 is 10.5 Å². The number of anilines is 1. The predicted molar refractivity (Wildman–Crippen MR) is 76.1 cm³/mol. The van der Waals surface area contributed by atoms with Gasteiger partial charge in [-0.3, -0.25) is 0 Å². The van der Waals surface area contributed by atoms with E-state index in [9.17, 15) is 0 Å². The van der Waals surface area contributed by atoms with E-state index in [1.807, 2.05) is 50.2 Å². The van der Waals surface area contributed by atoms with Gasteiger partial charge in [-0.1, -0.05) is 29.8 Å². The number of aryl methyl sites for hydroxylation is 2. The van der Waals surface area contributed by atoms with Gasteiger partial charge >= 0.3 is 0 Å². The second-order valence-corrected chi connectivity index (χ2v) is 4.83. The molecule has 2 aromatic carbocycles. The highest BCUT2D eigenvalue weighted by Gasteiger charge is 2.04. The zero-order valence-electron chi connectivity index (χ0n) is 10.5. The molecule has 2 N–H and O–H groups in total. The van der Waals surface area contributed by atoms with E-state index < -0.39 is 0 Å². The average Bonchev–Trinajstić information content (AvgIpc) is 2.32. The second-order valence-electron chi connectivity index (χ2n) is 4.42. The number of hydrogen-bond donors (Lipinski definition) is 1. The summed E-state index contributed by atoms with van der Waals surface area (Å²) in [5, 5.41) is 0.723. The summed E-state index contributed by atoms with van der Waals surface area (Å²) >= 11 is 6.16. The lowest BCUT2D eigenvalue weighted by atomic mass is 10.1. The first-order valence-electron chi connectivity index (χ1n) is 5.80. The van der Waals surface area contributed by atoms with E-state index in [4.69, 9.17) is 22.1 Å². The monoisotopic (exact) mass is 261 g/mol. The Morgan fingerprint density at radius 2 is 1.72 bits per heavy atom. The molecule has 0 aliphatic heterocycles. The minimum absolute atomic E-state index is 0.423. The van der Waals surface area contributed by atoms with Crippen molar-refractivity contribution in [2.24, 2.45) is 0 Å². The van der Waals surface area contributed by atoms with Gasteiger partial charge in [0.05, 0.1) is 5.69 Å². The SMILES string of the molecule is Cc1ccc(COc2cc(C)ccc2N)c(Cl)c1. The van der Waals surface area contributed by atoms with Gasteiger partial charge in [-0.05, 0) is 43.2 Å². The first-order valence-corrected chi connectivity index (χ1v) is 6.18. The highest BCUT2D eigenvalue weighted by atomic mass is 35.5. The molecule has 0 spiro atoms. The molecule has 18 heavy (non-hydrogen) atoms. The minimum Gasteiger partial charge on any atom is -0.487 e. The summed E-state index contributed by atoms with van der Waals surface area (Å²) in [6, 6.07) is 11.7. The predicted octanol–water partition coefficient (Wildman–Crippen LogP) is 4.12. The Bertz CT molecular complexity index is 566. The van der Waals surface area contributed by atoms with E-state index in [2.05, 4.69) is 0 Å². The van der Waals surface area contributed by atoms with Gasteiger partial charge in [-0.2, -0.15) is 0 Å². The molecule has 0 saturated carbocycles. The fourth-order valence-electron chi connectivity index (χ4n) is 1.69. The maximum absolute atomic E-state index is 6.16. The summed E-state index contributed by atoms with van der Waals surface area (Å²) in [4.78, 5) is 0. The van der Waals surface area contributed by atoms with Crippen molar-refractivity contribution in [1.82, 2.24) is 0 Å². The summed E-state index contributed by atoms with van der Waals surface area (Å²) in [5.41, 5.74) is 9.72. The molecule has 0 unspecified atom stereocenters. The Hall–Kier alpha value is -1.67. The van der Waals surface area contributed by atoms with Crippen LogP contribution in [-0.2, 0) is 6.61 Å². The molecule has 0 aliphatic carbocycles. The number of hydrogen-bond acceptors (Lipinski definition) is 2. The van der Waals surface area contributed by atoms with Crippen molar-refractivity contribution in [2.45, 2.75) is 20.5 Å². The molecule has 0 aliphatic rings. The van der Waals surface area contributed by atoms with Gasteiger partial charge in [-0.25, -0.2) is 0 Å². The minimum atomic E-state index is 0.423. The Kier molecular flexibility index (Phi) is 3.78. The van der Waals surface area contributed by atoms with Crippen molar-refractivity contribution in [2.75, 3.05) is 5.73 Å². The van der Waals surface area contributed by atoms with Gasteiger partial charge in [0.15, 0.2) is 0 Å². The molecular weight excluding hydrogens is 246 g/mol. The molecule has 0 amide bonds. The van der Waals surface area contributed by atoms with Crippen molar-refractivity contribution in [3.63, 3.8) is 0 Å². The van der Waals surface area contributed by atoms with Crippen molar-refractivity contribution >= 4 is 17.3 Å². The summed E-state index contributed by atoms with van der Waals surface area (Å²) < 4.78 is 5.71. The quantitative estimate of drug-likeness (QED) is 0.844. The zero-order valence-corrected chi connectivity index (χ0v) is 11.3. The van der Waals surface area contributed by atoms with Crippen LogP contribution in [0.2, 0.25) is 5.02 Å². The highest BCUT2D eigenvalue weighted by molar-refractivity contribution is 6.31. The summed E-state index contributed by atoms with van der Waals surface area (Å²) in [6.45, 7) is 4.44. The lowest BCUT2D eigenvalue weighted by Crippen LogP contribution is -2.00. The van der Waals surface area contributed by atoms with E-state index in [1.165, 1.54) is 0 Å². The maximum Gasteiger partial charge on any atom is 0.142 e. The number of ether oxygens (including phenoxy) is 1. The van der Waals surface area contributed by atoms with Crippen molar-refractivity contribution in [1.29, 1.82) is 0 Å². The van der Waals surface area contributed by atoms with Crippen LogP contribution in [-0.4, -0.2) is 0 Å². The van der Waals surface area contributed by atoms with Gasteiger partial charge in [0, 0.05) is 10.6 Å². The van der Waals surface area contributed by atoms with Crippen LogP contribution in [0.1, 0.15) is 16.7 Å². The number of benzene rings is 2. The first-order chi connectivity index (χ1) is 8.56. The van der Waals surface area contributed by atoms with Crippen molar-refractivity contribution < 1.29 is 4.74 Å². The van der Waals surface area contributed by atoms with E-state index in [0.29, 0.717) is 18.0 Å². The van der Waals surface area contributed by atoms with E-state index in [1.54, 1.807) is 0 Å². The fourth-order valence-corrected chi connectivity index (χ4v) is 1.98. The standard InChI is InChI=1S/C15H16ClNO/c1-10-3-5-12(13(16)7-10)9-18-15-8-11(2)4-6-14(15)17/h3-8H,9,17H2,1-2H3. The van der Waals surface area contributed by atoms with Gasteiger partial charge in [-0.15, -0.1) is 0 Å². The third-order valence-electron chi connectivity index (χ3n) is 2.76. The van der Waals surface area contributed by atoms with Crippen LogP contribution in [0.3, 0.4) is 0 Å². The Morgan fingerprint density at radius 3 is 2.44 bits per heavy atom. The molecule has 0 atom stereocenters. The molecule has 0 fully saturated rings. The second kappa shape index (κ2) is 5.32. The fraction of sp³-hybridized carbons (Fsp3) is 0.200. The molecule has 0 bridgehead atoms. The summed E-state index contributed by atoms with van der Waals surface area (Å²) in [7, 11) is 0. The summed E-state index contributed by atoms with van der Waals surface area (Å²) in [6.07, 6.45) is 0. The molecule has 0 heterocycles. The van der Waals surface area contributed by atoms with Crippen LogP contribution in [0.5, 0.6) is 5.75 Å². The molecule has 2 rings (SSSR count).